The lowest BCUT2D eigenvalue weighted by atomic mass is 10.1. The van der Waals surface area contributed by atoms with E-state index in [1.807, 2.05) is 36.4 Å². The molecular formula is C22H16N4O2S2. The molecule has 0 radical (unpaired) electrons. The van der Waals surface area contributed by atoms with Gasteiger partial charge >= 0.3 is 0 Å². The summed E-state index contributed by atoms with van der Waals surface area (Å²) in [6.45, 7) is -0.147. The number of carbonyl (C=O) groups excluding carboxylic acids is 1. The number of benzene rings is 1. The van der Waals surface area contributed by atoms with Crippen LogP contribution in [0.25, 0.3) is 20.7 Å². The van der Waals surface area contributed by atoms with Crippen molar-refractivity contribution in [2.24, 2.45) is 0 Å². The van der Waals surface area contributed by atoms with E-state index in [4.69, 9.17) is 0 Å². The summed E-state index contributed by atoms with van der Waals surface area (Å²) in [5.74, 6) is -0.340. The predicted octanol–water partition coefficient (Wildman–Crippen LogP) is 4.19. The second-order valence-corrected chi connectivity index (χ2v) is 9.23. The summed E-state index contributed by atoms with van der Waals surface area (Å²) in [4.78, 5) is 32.7. The average molecular weight is 433 g/mol. The highest BCUT2D eigenvalue weighted by Crippen LogP contribution is 2.38. The number of nitrogens with one attached hydrogen (secondary N) is 1. The van der Waals surface area contributed by atoms with Gasteiger partial charge in [-0.05, 0) is 36.5 Å². The van der Waals surface area contributed by atoms with Crippen LogP contribution in [0.5, 0.6) is 0 Å². The number of rotatable bonds is 4. The van der Waals surface area contributed by atoms with Crippen LogP contribution in [0.15, 0.2) is 47.5 Å². The molecule has 0 bridgehead atoms. The van der Waals surface area contributed by atoms with Crippen molar-refractivity contribution in [1.82, 2.24) is 9.55 Å². The molecule has 0 saturated heterocycles. The van der Waals surface area contributed by atoms with Crippen LogP contribution in [-0.2, 0) is 24.2 Å². The Kier molecular flexibility index (Phi) is 4.69. The molecule has 5 rings (SSSR count). The van der Waals surface area contributed by atoms with Gasteiger partial charge in [0.25, 0.3) is 5.56 Å². The van der Waals surface area contributed by atoms with Gasteiger partial charge in [0.05, 0.1) is 17.3 Å². The topological polar surface area (TPSA) is 87.8 Å². The Morgan fingerprint density at radius 2 is 2.07 bits per heavy atom. The highest BCUT2D eigenvalue weighted by atomic mass is 32.1. The van der Waals surface area contributed by atoms with E-state index in [1.165, 1.54) is 38.4 Å². The van der Waals surface area contributed by atoms with Gasteiger partial charge in [-0.15, -0.1) is 22.7 Å². The Morgan fingerprint density at radius 1 is 1.23 bits per heavy atom. The fourth-order valence-corrected chi connectivity index (χ4v) is 6.00. The molecule has 0 unspecified atom stereocenters. The van der Waals surface area contributed by atoms with Gasteiger partial charge in [-0.25, -0.2) is 4.98 Å². The van der Waals surface area contributed by atoms with Crippen molar-refractivity contribution in [2.75, 3.05) is 5.32 Å². The lowest BCUT2D eigenvalue weighted by Gasteiger charge is -2.06. The summed E-state index contributed by atoms with van der Waals surface area (Å²) >= 11 is 2.92. The van der Waals surface area contributed by atoms with Gasteiger partial charge < -0.3 is 5.32 Å². The highest BCUT2D eigenvalue weighted by Gasteiger charge is 2.23. The third kappa shape index (κ3) is 3.22. The minimum atomic E-state index is -0.340. The Hall–Kier alpha value is -3.28. The third-order valence-electron chi connectivity index (χ3n) is 5.18. The standard InChI is InChI=1S/C22H16N4O2S2/c23-10-16-14-7-4-8-17(14)29-21(16)25-19(27)11-26-12-24-20-15(22(26)28)9-18(30-20)13-5-2-1-3-6-13/h1-3,5-6,9,12H,4,7-8,11H2,(H,25,27). The van der Waals surface area contributed by atoms with Gasteiger partial charge in [0.1, 0.15) is 22.4 Å². The number of thiophene rings is 2. The normalized spacial score (nSPS) is 12.6. The van der Waals surface area contributed by atoms with Gasteiger partial charge in [-0.2, -0.15) is 5.26 Å². The molecule has 6 nitrogen and oxygen atoms in total. The molecule has 4 aromatic rings. The summed E-state index contributed by atoms with van der Waals surface area (Å²) in [7, 11) is 0. The van der Waals surface area contributed by atoms with Crippen molar-refractivity contribution in [2.45, 2.75) is 25.8 Å². The zero-order valence-corrected chi connectivity index (χ0v) is 17.5. The van der Waals surface area contributed by atoms with Gasteiger partial charge in [0, 0.05) is 9.75 Å². The molecule has 0 saturated carbocycles. The smallest absolute Gasteiger partial charge is 0.262 e. The quantitative estimate of drug-likeness (QED) is 0.524. The van der Waals surface area contributed by atoms with Crippen LogP contribution < -0.4 is 10.9 Å². The first-order valence-electron chi connectivity index (χ1n) is 9.53. The van der Waals surface area contributed by atoms with Crippen LogP contribution >= 0.6 is 22.7 Å². The zero-order valence-electron chi connectivity index (χ0n) is 15.8. The number of nitrogens with zero attached hydrogens (tertiary/aromatic N) is 3. The summed E-state index contributed by atoms with van der Waals surface area (Å²) in [6.07, 6.45) is 4.30. The third-order valence-corrected chi connectivity index (χ3v) is 7.48. The number of carbonyl (C=O) groups is 1. The second kappa shape index (κ2) is 7.52. The largest absolute Gasteiger partial charge is 0.315 e. The number of nitriles is 1. The molecule has 1 aliphatic rings. The van der Waals surface area contributed by atoms with Crippen molar-refractivity contribution in [3.63, 3.8) is 0 Å². The average Bonchev–Trinajstić information content (AvgIpc) is 3.45. The maximum Gasteiger partial charge on any atom is 0.262 e. The van der Waals surface area contributed by atoms with E-state index in [-0.39, 0.29) is 18.0 Å². The maximum absolute atomic E-state index is 12.9. The fraction of sp³-hybridized carbons (Fsp3) is 0.182. The van der Waals surface area contributed by atoms with Crippen LogP contribution in [-0.4, -0.2) is 15.5 Å². The molecule has 1 amide bonds. The van der Waals surface area contributed by atoms with Crippen LogP contribution in [0.1, 0.15) is 22.4 Å². The van der Waals surface area contributed by atoms with Gasteiger partial charge in [-0.3, -0.25) is 14.2 Å². The molecular weight excluding hydrogens is 416 g/mol. The molecule has 1 aromatic carbocycles. The summed E-state index contributed by atoms with van der Waals surface area (Å²) < 4.78 is 1.31. The lowest BCUT2D eigenvalue weighted by Crippen LogP contribution is -2.27. The first-order chi connectivity index (χ1) is 14.6. The van der Waals surface area contributed by atoms with Gasteiger partial charge in [-0.1, -0.05) is 30.3 Å². The SMILES string of the molecule is N#Cc1c(NC(=O)Cn2cnc3sc(-c4ccccc4)cc3c2=O)sc2c1CCC2. The van der Waals surface area contributed by atoms with E-state index >= 15 is 0 Å². The van der Waals surface area contributed by atoms with Crippen LogP contribution in [0.2, 0.25) is 0 Å². The maximum atomic E-state index is 12.9. The van der Waals surface area contributed by atoms with E-state index < -0.39 is 0 Å². The number of anilines is 1. The second-order valence-electron chi connectivity index (χ2n) is 7.09. The van der Waals surface area contributed by atoms with E-state index in [0.717, 1.165) is 35.3 Å². The van der Waals surface area contributed by atoms with Crippen molar-refractivity contribution >= 4 is 43.8 Å². The van der Waals surface area contributed by atoms with E-state index in [9.17, 15) is 14.9 Å². The van der Waals surface area contributed by atoms with Crippen molar-refractivity contribution in [1.29, 1.82) is 5.26 Å². The van der Waals surface area contributed by atoms with Crippen molar-refractivity contribution < 1.29 is 4.79 Å². The zero-order chi connectivity index (χ0) is 20.7. The number of fused-ring (bicyclic) bond motifs is 2. The number of aryl methyl sites for hydroxylation is 1. The van der Waals surface area contributed by atoms with Gasteiger partial charge in [0.2, 0.25) is 5.91 Å². The number of aromatic nitrogens is 2. The summed E-state index contributed by atoms with van der Waals surface area (Å²) in [5, 5.41) is 13.4. The molecule has 0 atom stereocenters. The predicted molar refractivity (Wildman–Crippen MR) is 119 cm³/mol. The van der Waals surface area contributed by atoms with Crippen LogP contribution in [0.4, 0.5) is 5.00 Å². The molecule has 3 aromatic heterocycles. The molecule has 8 heteroatoms. The Labute approximate surface area is 180 Å². The molecule has 0 fully saturated rings. The Bertz CT molecular complexity index is 1380. The van der Waals surface area contributed by atoms with Crippen molar-refractivity contribution in [3.05, 3.63) is 69.1 Å². The molecule has 0 aliphatic heterocycles. The Balaban J connectivity index is 1.40. The molecule has 148 valence electrons. The highest BCUT2D eigenvalue weighted by molar-refractivity contribution is 7.21. The number of hydrogen-bond acceptors (Lipinski definition) is 6. The molecule has 1 aliphatic carbocycles. The lowest BCUT2D eigenvalue weighted by molar-refractivity contribution is -0.116. The van der Waals surface area contributed by atoms with Crippen LogP contribution in [0.3, 0.4) is 0 Å². The van der Waals surface area contributed by atoms with Crippen LogP contribution in [0, 0.1) is 11.3 Å². The minimum Gasteiger partial charge on any atom is -0.315 e. The summed E-state index contributed by atoms with van der Waals surface area (Å²) in [5.41, 5.74) is 2.40. The molecule has 3 heterocycles. The molecule has 30 heavy (non-hydrogen) atoms. The number of hydrogen-bond donors (Lipinski definition) is 1. The van der Waals surface area contributed by atoms with Gasteiger partial charge in [0.15, 0.2) is 0 Å². The van der Waals surface area contributed by atoms with E-state index in [2.05, 4.69) is 16.4 Å². The minimum absolute atomic E-state index is 0.147. The summed E-state index contributed by atoms with van der Waals surface area (Å²) in [6, 6.07) is 13.9. The fourth-order valence-electron chi connectivity index (χ4n) is 3.75. The first-order valence-corrected chi connectivity index (χ1v) is 11.2. The van der Waals surface area contributed by atoms with E-state index in [1.54, 1.807) is 0 Å². The van der Waals surface area contributed by atoms with Crippen molar-refractivity contribution in [3.8, 4) is 16.5 Å². The van der Waals surface area contributed by atoms with E-state index in [0.29, 0.717) is 20.8 Å². The molecule has 1 N–H and O–H groups in total. The first kappa shape index (κ1) is 18.7. The number of amides is 1. The monoisotopic (exact) mass is 432 g/mol. The Morgan fingerprint density at radius 3 is 2.87 bits per heavy atom. The molecule has 0 spiro atoms.